The SMILES string of the molecule is CCCCOC(=O)C1=C(C)Nc2nc(SCCC)nn2C1c1ccc(OCC(=O)N2CCOCC2)c(OC)c1. The van der Waals surface area contributed by atoms with E-state index in [-0.39, 0.29) is 12.5 Å². The maximum Gasteiger partial charge on any atom is 0.338 e. The van der Waals surface area contributed by atoms with Crippen LogP contribution in [0.3, 0.4) is 0 Å². The van der Waals surface area contributed by atoms with Crippen LogP contribution >= 0.6 is 11.8 Å². The Morgan fingerprint density at radius 2 is 1.97 bits per heavy atom. The van der Waals surface area contributed by atoms with Gasteiger partial charge in [-0.25, -0.2) is 9.48 Å². The van der Waals surface area contributed by atoms with E-state index < -0.39 is 12.0 Å². The summed E-state index contributed by atoms with van der Waals surface area (Å²) in [5.41, 5.74) is 1.86. The fraction of sp³-hybridized carbons (Fsp3) is 0.556. The number of allylic oxidation sites excluding steroid dienone is 1. The van der Waals surface area contributed by atoms with Crippen LogP contribution in [-0.2, 0) is 19.1 Å². The average Bonchev–Trinajstić information content (AvgIpc) is 3.36. The summed E-state index contributed by atoms with van der Waals surface area (Å²) in [6.45, 7) is 8.38. The Morgan fingerprint density at radius 3 is 2.69 bits per heavy atom. The largest absolute Gasteiger partial charge is 0.493 e. The van der Waals surface area contributed by atoms with Gasteiger partial charge in [0.2, 0.25) is 11.1 Å². The Hall–Kier alpha value is -3.25. The zero-order chi connectivity index (χ0) is 27.8. The number of ether oxygens (including phenoxy) is 4. The highest BCUT2D eigenvalue weighted by atomic mass is 32.2. The van der Waals surface area contributed by atoms with Crippen molar-refractivity contribution in [3.05, 3.63) is 35.0 Å². The van der Waals surface area contributed by atoms with Crippen molar-refractivity contribution in [2.75, 3.05) is 57.7 Å². The number of esters is 1. The Morgan fingerprint density at radius 1 is 1.18 bits per heavy atom. The van der Waals surface area contributed by atoms with Gasteiger partial charge in [0, 0.05) is 24.5 Å². The molecule has 212 valence electrons. The number of carbonyl (C=O) groups is 2. The van der Waals surface area contributed by atoms with Crippen LogP contribution in [0, 0.1) is 0 Å². The van der Waals surface area contributed by atoms with Crippen molar-refractivity contribution in [1.82, 2.24) is 19.7 Å². The summed E-state index contributed by atoms with van der Waals surface area (Å²) < 4.78 is 24.2. The summed E-state index contributed by atoms with van der Waals surface area (Å²) in [4.78, 5) is 32.3. The molecule has 1 saturated heterocycles. The fourth-order valence-electron chi connectivity index (χ4n) is 4.36. The van der Waals surface area contributed by atoms with Crippen molar-refractivity contribution in [3.8, 4) is 11.5 Å². The number of rotatable bonds is 12. The van der Waals surface area contributed by atoms with Crippen molar-refractivity contribution in [2.24, 2.45) is 0 Å². The number of morpholine rings is 1. The molecule has 1 fully saturated rings. The van der Waals surface area contributed by atoms with Gasteiger partial charge in [-0.15, -0.1) is 5.10 Å². The number of nitrogens with one attached hydrogen (secondary N) is 1. The number of hydrogen-bond acceptors (Lipinski definition) is 10. The Labute approximate surface area is 233 Å². The molecule has 11 nitrogen and oxygen atoms in total. The molecule has 1 atom stereocenters. The number of thioether (sulfide) groups is 1. The molecule has 4 rings (SSSR count). The third-order valence-corrected chi connectivity index (χ3v) is 7.48. The Bertz CT molecular complexity index is 1190. The highest BCUT2D eigenvalue weighted by Crippen LogP contribution is 2.40. The van der Waals surface area contributed by atoms with E-state index in [1.54, 1.807) is 40.6 Å². The monoisotopic (exact) mass is 559 g/mol. The lowest BCUT2D eigenvalue weighted by molar-refractivity contribution is -0.140. The number of fused-ring (bicyclic) bond motifs is 1. The molecule has 3 heterocycles. The van der Waals surface area contributed by atoms with Gasteiger partial charge in [-0.05, 0) is 37.5 Å². The number of amides is 1. The summed E-state index contributed by atoms with van der Waals surface area (Å²) >= 11 is 1.56. The van der Waals surface area contributed by atoms with Crippen molar-refractivity contribution in [3.63, 3.8) is 0 Å². The minimum Gasteiger partial charge on any atom is -0.493 e. The van der Waals surface area contributed by atoms with Crippen LogP contribution in [0.1, 0.15) is 51.6 Å². The number of hydrogen-bond donors (Lipinski definition) is 1. The van der Waals surface area contributed by atoms with E-state index in [0.29, 0.717) is 66.8 Å². The second kappa shape index (κ2) is 13.7. The van der Waals surface area contributed by atoms with E-state index in [9.17, 15) is 9.59 Å². The molecule has 0 saturated carbocycles. The van der Waals surface area contributed by atoms with E-state index in [4.69, 9.17) is 24.0 Å². The first kappa shape index (κ1) is 28.8. The highest BCUT2D eigenvalue weighted by molar-refractivity contribution is 7.99. The molecule has 2 aliphatic rings. The predicted molar refractivity (Wildman–Crippen MR) is 147 cm³/mol. The standard InChI is InChI=1S/C27H37N5O6S/c1-5-7-12-37-25(34)23-18(3)28-26-29-27(39-15-6-2)30-32(26)24(23)19-8-9-20(21(16-19)35-4)38-17-22(33)31-10-13-36-14-11-31/h8-9,16,24H,5-7,10-15,17H2,1-4H3,(H,28,29,30). The van der Waals surface area contributed by atoms with Crippen molar-refractivity contribution >= 4 is 29.6 Å². The van der Waals surface area contributed by atoms with E-state index in [1.165, 1.54) is 0 Å². The second-order valence-corrected chi connectivity index (χ2v) is 10.3. The highest BCUT2D eigenvalue weighted by Gasteiger charge is 2.36. The van der Waals surface area contributed by atoms with Crippen molar-refractivity contribution in [1.29, 1.82) is 0 Å². The smallest absolute Gasteiger partial charge is 0.338 e. The van der Waals surface area contributed by atoms with Crippen LogP contribution in [0.4, 0.5) is 5.95 Å². The Balaban J connectivity index is 1.63. The molecular weight excluding hydrogens is 522 g/mol. The first-order valence-electron chi connectivity index (χ1n) is 13.4. The van der Waals surface area contributed by atoms with E-state index in [2.05, 4.69) is 17.2 Å². The van der Waals surface area contributed by atoms with Gasteiger partial charge in [0.1, 0.15) is 6.04 Å². The van der Waals surface area contributed by atoms with Gasteiger partial charge < -0.3 is 29.2 Å². The van der Waals surface area contributed by atoms with Crippen LogP contribution in [0.15, 0.2) is 34.6 Å². The maximum atomic E-state index is 13.3. The number of benzene rings is 1. The molecule has 0 aliphatic carbocycles. The van der Waals surface area contributed by atoms with E-state index in [1.807, 2.05) is 19.9 Å². The molecule has 1 unspecified atom stereocenters. The van der Waals surface area contributed by atoms with Crippen LogP contribution in [0.25, 0.3) is 0 Å². The lowest BCUT2D eigenvalue weighted by atomic mass is 9.95. The van der Waals surface area contributed by atoms with Crippen LogP contribution in [-0.4, -0.2) is 83.9 Å². The van der Waals surface area contributed by atoms with Gasteiger partial charge >= 0.3 is 5.97 Å². The first-order chi connectivity index (χ1) is 19.0. The molecule has 1 aromatic heterocycles. The summed E-state index contributed by atoms with van der Waals surface area (Å²) in [6.07, 6.45) is 2.70. The van der Waals surface area contributed by atoms with E-state index in [0.717, 1.165) is 30.6 Å². The van der Waals surface area contributed by atoms with Gasteiger partial charge in [0.15, 0.2) is 18.1 Å². The Kier molecular flexibility index (Phi) is 10.1. The van der Waals surface area contributed by atoms with Crippen LogP contribution in [0.5, 0.6) is 11.5 Å². The van der Waals surface area contributed by atoms with Crippen LogP contribution < -0.4 is 14.8 Å². The molecule has 39 heavy (non-hydrogen) atoms. The summed E-state index contributed by atoms with van der Waals surface area (Å²) in [5, 5.41) is 8.59. The zero-order valence-corrected chi connectivity index (χ0v) is 23.8. The number of anilines is 1. The third kappa shape index (κ3) is 6.85. The molecule has 1 amide bonds. The van der Waals surface area contributed by atoms with Gasteiger partial charge in [-0.3, -0.25) is 4.79 Å². The average molecular weight is 560 g/mol. The molecule has 2 aliphatic heterocycles. The quantitative estimate of drug-likeness (QED) is 0.235. The molecule has 1 aromatic carbocycles. The number of unbranched alkanes of at least 4 members (excludes halogenated alkanes) is 1. The van der Waals surface area contributed by atoms with Gasteiger partial charge in [0.05, 0.1) is 32.5 Å². The van der Waals surface area contributed by atoms with Gasteiger partial charge in [0.25, 0.3) is 5.91 Å². The molecule has 1 N–H and O–H groups in total. The summed E-state index contributed by atoms with van der Waals surface area (Å²) in [5.74, 6) is 1.80. The van der Waals surface area contributed by atoms with Crippen molar-refractivity contribution < 1.29 is 28.5 Å². The number of methoxy groups -OCH3 is 1. The first-order valence-corrected chi connectivity index (χ1v) is 14.4. The third-order valence-electron chi connectivity index (χ3n) is 6.44. The summed E-state index contributed by atoms with van der Waals surface area (Å²) in [7, 11) is 1.54. The maximum absolute atomic E-state index is 13.3. The van der Waals surface area contributed by atoms with Crippen LogP contribution in [0.2, 0.25) is 0 Å². The normalized spacial score (nSPS) is 16.9. The summed E-state index contributed by atoms with van der Waals surface area (Å²) in [6, 6.07) is 4.82. The lowest BCUT2D eigenvalue weighted by Gasteiger charge is -2.28. The molecule has 0 spiro atoms. The minimum absolute atomic E-state index is 0.109. The van der Waals surface area contributed by atoms with E-state index >= 15 is 0 Å². The molecule has 12 heteroatoms. The van der Waals surface area contributed by atoms with Crippen molar-refractivity contribution in [2.45, 2.75) is 51.2 Å². The number of nitrogens with zero attached hydrogens (tertiary/aromatic N) is 4. The fourth-order valence-corrected chi connectivity index (χ4v) is 5.05. The van der Waals surface area contributed by atoms with Gasteiger partial charge in [-0.2, -0.15) is 4.98 Å². The number of carbonyl (C=O) groups excluding carboxylic acids is 2. The second-order valence-electron chi connectivity index (χ2n) is 9.26. The molecular formula is C27H37N5O6S. The number of aromatic nitrogens is 3. The lowest BCUT2D eigenvalue weighted by Crippen LogP contribution is -2.43. The molecule has 0 bridgehead atoms. The predicted octanol–water partition coefficient (Wildman–Crippen LogP) is 3.66. The topological polar surface area (TPSA) is 117 Å². The minimum atomic E-state index is -0.586. The zero-order valence-electron chi connectivity index (χ0n) is 23.0. The molecule has 0 radical (unpaired) electrons. The van der Waals surface area contributed by atoms with Gasteiger partial charge in [-0.1, -0.05) is 38.1 Å². The molecule has 2 aromatic rings.